The van der Waals surface area contributed by atoms with Crippen LogP contribution in [0.3, 0.4) is 0 Å². The van der Waals surface area contributed by atoms with Crippen molar-refractivity contribution in [2.24, 2.45) is 0 Å². The molecule has 0 nitrogen and oxygen atoms in total. The van der Waals surface area contributed by atoms with Crippen LogP contribution < -0.4 is 0 Å². The van der Waals surface area contributed by atoms with Gasteiger partial charge in [-0.25, -0.2) is 0 Å². The highest BCUT2D eigenvalue weighted by molar-refractivity contribution is 5.40. The first-order valence-electron chi connectivity index (χ1n) is 4.41. The van der Waals surface area contributed by atoms with Crippen molar-refractivity contribution < 1.29 is 0 Å². The van der Waals surface area contributed by atoms with Gasteiger partial charge in [0.25, 0.3) is 0 Å². The van der Waals surface area contributed by atoms with Crippen molar-refractivity contribution in [3.63, 3.8) is 0 Å². The number of rotatable bonds is 2. The summed E-state index contributed by atoms with van der Waals surface area (Å²) in [6.07, 6.45) is 10.9. The zero-order valence-electron chi connectivity index (χ0n) is 7.93. The lowest BCUT2D eigenvalue weighted by atomic mass is 9.97. The summed E-state index contributed by atoms with van der Waals surface area (Å²) < 4.78 is 0. The largest absolute Gasteiger partial charge is 0.0988 e. The van der Waals surface area contributed by atoms with Crippen molar-refractivity contribution in [1.82, 2.24) is 0 Å². The highest BCUT2D eigenvalue weighted by atomic mass is 14.1. The Morgan fingerprint density at radius 1 is 1.58 bits per heavy atom. The van der Waals surface area contributed by atoms with Crippen molar-refractivity contribution in [3.8, 4) is 0 Å². The van der Waals surface area contributed by atoms with Gasteiger partial charge in [0.1, 0.15) is 0 Å². The first-order valence-corrected chi connectivity index (χ1v) is 4.41. The fourth-order valence-electron chi connectivity index (χ4n) is 1.27. The van der Waals surface area contributed by atoms with Crippen molar-refractivity contribution in [2.75, 3.05) is 0 Å². The molecule has 0 N–H and O–H groups in total. The van der Waals surface area contributed by atoms with Gasteiger partial charge in [-0.15, -0.1) is 0 Å². The highest BCUT2D eigenvalue weighted by Crippen LogP contribution is 2.20. The molecule has 1 rings (SSSR count). The molecule has 0 heteroatoms. The van der Waals surface area contributed by atoms with Gasteiger partial charge in [-0.2, -0.15) is 0 Å². The molecule has 0 bridgehead atoms. The van der Waals surface area contributed by atoms with Gasteiger partial charge in [0.05, 0.1) is 0 Å². The van der Waals surface area contributed by atoms with Gasteiger partial charge in [0.15, 0.2) is 0 Å². The van der Waals surface area contributed by atoms with Gasteiger partial charge in [0, 0.05) is 0 Å². The summed E-state index contributed by atoms with van der Waals surface area (Å²) in [4.78, 5) is 0. The first kappa shape index (κ1) is 9.05. The third-order valence-electron chi connectivity index (χ3n) is 2.18. The van der Waals surface area contributed by atoms with Crippen LogP contribution >= 0.6 is 0 Å². The molecule has 0 aromatic rings. The van der Waals surface area contributed by atoms with E-state index in [1.54, 1.807) is 0 Å². The van der Waals surface area contributed by atoms with Crippen LogP contribution in [0.5, 0.6) is 0 Å². The van der Waals surface area contributed by atoms with Gasteiger partial charge >= 0.3 is 0 Å². The molecule has 0 spiro atoms. The average molecular weight is 160 g/mol. The van der Waals surface area contributed by atoms with E-state index >= 15 is 0 Å². The second-order valence-electron chi connectivity index (χ2n) is 3.27. The van der Waals surface area contributed by atoms with Crippen LogP contribution in [0.15, 0.2) is 47.6 Å². The molecule has 1 aliphatic carbocycles. The van der Waals surface area contributed by atoms with Crippen molar-refractivity contribution in [1.29, 1.82) is 0 Å². The minimum absolute atomic E-state index is 1.19. The van der Waals surface area contributed by atoms with E-state index in [1.165, 1.54) is 29.6 Å². The summed E-state index contributed by atoms with van der Waals surface area (Å²) >= 11 is 0. The highest BCUT2D eigenvalue weighted by Gasteiger charge is 2.00. The van der Waals surface area contributed by atoms with E-state index in [0.29, 0.717) is 0 Å². The van der Waals surface area contributed by atoms with Crippen LogP contribution in [0.2, 0.25) is 0 Å². The lowest BCUT2D eigenvalue weighted by Gasteiger charge is -2.08. The van der Waals surface area contributed by atoms with Gasteiger partial charge in [-0.3, -0.25) is 0 Å². The minimum Gasteiger partial charge on any atom is -0.0988 e. The third kappa shape index (κ3) is 2.23. The lowest BCUT2D eigenvalue weighted by Crippen LogP contribution is -1.89. The van der Waals surface area contributed by atoms with E-state index in [1.807, 2.05) is 6.08 Å². The van der Waals surface area contributed by atoms with Gasteiger partial charge in [0.2, 0.25) is 0 Å². The second kappa shape index (κ2) is 4.10. The fourth-order valence-corrected chi connectivity index (χ4v) is 1.27. The van der Waals surface area contributed by atoms with E-state index in [0.717, 1.165) is 0 Å². The molecule has 0 saturated heterocycles. The van der Waals surface area contributed by atoms with Crippen LogP contribution in [0.1, 0.15) is 26.7 Å². The molecule has 0 aromatic heterocycles. The van der Waals surface area contributed by atoms with Gasteiger partial charge in [-0.05, 0) is 32.3 Å². The van der Waals surface area contributed by atoms with E-state index < -0.39 is 0 Å². The van der Waals surface area contributed by atoms with Crippen LogP contribution in [0.4, 0.5) is 0 Å². The molecule has 0 amide bonds. The molecule has 64 valence electrons. The molecule has 0 aliphatic heterocycles. The Morgan fingerprint density at radius 3 is 2.92 bits per heavy atom. The number of allylic oxidation sites excluding steroid dienone is 7. The zero-order valence-corrected chi connectivity index (χ0v) is 7.93. The molecular formula is C12H16. The Bertz CT molecular complexity index is 262. The molecule has 0 saturated carbocycles. The Hall–Kier alpha value is -1.04. The molecule has 12 heavy (non-hydrogen) atoms. The van der Waals surface area contributed by atoms with Crippen LogP contribution in [0.25, 0.3) is 0 Å². The van der Waals surface area contributed by atoms with Crippen molar-refractivity contribution in [2.45, 2.75) is 26.7 Å². The normalized spacial score (nSPS) is 18.3. The van der Waals surface area contributed by atoms with Gasteiger partial charge < -0.3 is 0 Å². The summed E-state index contributed by atoms with van der Waals surface area (Å²) in [5.74, 6) is 0. The average Bonchev–Trinajstić information content (AvgIpc) is 2.09. The molecule has 0 aromatic carbocycles. The molecule has 1 aliphatic rings. The van der Waals surface area contributed by atoms with E-state index in [-0.39, 0.29) is 0 Å². The molecule has 0 unspecified atom stereocenters. The standard InChI is InChI=1S/C12H16/c1-4-10(2)9-12-8-6-5-7-11(12)3/h4,6,8-9H,1,5,7H2,2-3H3/b10-9-. The van der Waals surface area contributed by atoms with Crippen LogP contribution in [0, 0.1) is 0 Å². The summed E-state index contributed by atoms with van der Waals surface area (Å²) in [7, 11) is 0. The van der Waals surface area contributed by atoms with Crippen LogP contribution in [-0.4, -0.2) is 0 Å². The molecular weight excluding hydrogens is 144 g/mol. The third-order valence-corrected chi connectivity index (χ3v) is 2.18. The minimum atomic E-state index is 1.19. The van der Waals surface area contributed by atoms with E-state index in [2.05, 4.69) is 38.7 Å². The predicted octanol–water partition coefficient (Wildman–Crippen LogP) is 3.79. The summed E-state index contributed by atoms with van der Waals surface area (Å²) in [5.41, 5.74) is 4.08. The Kier molecular flexibility index (Phi) is 3.09. The maximum absolute atomic E-state index is 3.74. The molecule has 0 heterocycles. The van der Waals surface area contributed by atoms with E-state index in [9.17, 15) is 0 Å². The Balaban J connectivity index is 2.87. The smallest absolute Gasteiger partial charge is 0.0268 e. The SMILES string of the molecule is C=C/C(C)=C\C1=C(C)CCC=C1. The summed E-state index contributed by atoms with van der Waals surface area (Å²) in [6.45, 7) is 8.02. The lowest BCUT2D eigenvalue weighted by molar-refractivity contribution is 0.948. The maximum Gasteiger partial charge on any atom is -0.0268 e. The Morgan fingerprint density at radius 2 is 2.33 bits per heavy atom. The number of hydrogen-bond donors (Lipinski definition) is 0. The molecule has 0 atom stereocenters. The topological polar surface area (TPSA) is 0 Å². The quantitative estimate of drug-likeness (QED) is 0.539. The summed E-state index contributed by atoms with van der Waals surface area (Å²) in [6, 6.07) is 0. The number of hydrogen-bond acceptors (Lipinski definition) is 0. The second-order valence-corrected chi connectivity index (χ2v) is 3.27. The van der Waals surface area contributed by atoms with E-state index in [4.69, 9.17) is 0 Å². The van der Waals surface area contributed by atoms with Crippen molar-refractivity contribution >= 4 is 0 Å². The van der Waals surface area contributed by atoms with Crippen LogP contribution in [-0.2, 0) is 0 Å². The summed E-state index contributed by atoms with van der Waals surface area (Å²) in [5, 5.41) is 0. The molecule has 0 radical (unpaired) electrons. The monoisotopic (exact) mass is 160 g/mol. The maximum atomic E-state index is 3.74. The van der Waals surface area contributed by atoms with Crippen molar-refractivity contribution in [3.05, 3.63) is 47.6 Å². The zero-order chi connectivity index (χ0) is 8.97. The fraction of sp³-hybridized carbons (Fsp3) is 0.333. The predicted molar refractivity (Wildman–Crippen MR) is 55.0 cm³/mol. The first-order chi connectivity index (χ1) is 5.74. The Labute approximate surface area is 75.0 Å². The molecule has 0 fully saturated rings. The van der Waals surface area contributed by atoms with Gasteiger partial charge in [-0.1, -0.05) is 42.0 Å².